The molecule has 90 valence electrons. The third-order valence-corrected chi connectivity index (χ3v) is 2.29. The first kappa shape index (κ1) is 13.2. The van der Waals surface area contributed by atoms with Crippen LogP contribution in [0.15, 0.2) is 24.3 Å². The summed E-state index contributed by atoms with van der Waals surface area (Å²) >= 11 is 0. The second-order valence-electron chi connectivity index (χ2n) is 3.65. The molecular weight excluding hydrogens is 218 g/mol. The molecule has 1 aromatic carbocycles. The number of para-hydroxylation sites is 1. The highest BCUT2D eigenvalue weighted by molar-refractivity contribution is 5.72. The number of carbonyl (C=O) groups excluding carboxylic acids is 1. The molecule has 0 saturated heterocycles. The molecular formula is C13H15NO3. The lowest BCUT2D eigenvalue weighted by Gasteiger charge is -2.10. The average molecular weight is 233 g/mol. The van der Waals surface area contributed by atoms with E-state index in [1.807, 2.05) is 6.92 Å². The van der Waals surface area contributed by atoms with Gasteiger partial charge in [-0.1, -0.05) is 31.5 Å². The summed E-state index contributed by atoms with van der Waals surface area (Å²) in [6, 6.07) is 8.21. The van der Waals surface area contributed by atoms with E-state index < -0.39 is 6.10 Å². The predicted molar refractivity (Wildman–Crippen MR) is 62.2 cm³/mol. The lowest BCUT2D eigenvalue weighted by atomic mass is 10.1. The van der Waals surface area contributed by atoms with Gasteiger partial charge >= 0.3 is 5.97 Å². The maximum absolute atomic E-state index is 11.4. The van der Waals surface area contributed by atoms with Crippen LogP contribution in [-0.4, -0.2) is 11.1 Å². The zero-order chi connectivity index (χ0) is 12.7. The quantitative estimate of drug-likeness (QED) is 0.481. The smallest absolute Gasteiger partial charge is 0.311 e. The van der Waals surface area contributed by atoms with E-state index in [2.05, 4.69) is 0 Å². The molecule has 1 unspecified atom stereocenters. The van der Waals surface area contributed by atoms with Gasteiger partial charge in [0.25, 0.3) is 0 Å². The second-order valence-corrected chi connectivity index (χ2v) is 3.65. The minimum absolute atomic E-state index is 0.252. The first-order valence-corrected chi connectivity index (χ1v) is 5.56. The Morgan fingerprint density at radius 1 is 1.53 bits per heavy atom. The van der Waals surface area contributed by atoms with E-state index in [1.165, 1.54) is 0 Å². The number of aliphatic hydroxyl groups excluding tert-OH is 1. The molecule has 0 heterocycles. The van der Waals surface area contributed by atoms with Gasteiger partial charge in [-0.05, 0) is 12.5 Å². The summed E-state index contributed by atoms with van der Waals surface area (Å²) in [6.45, 7) is 1.99. The van der Waals surface area contributed by atoms with Crippen LogP contribution in [0, 0.1) is 11.3 Å². The van der Waals surface area contributed by atoms with Gasteiger partial charge in [0.2, 0.25) is 0 Å². The molecule has 0 aliphatic rings. The minimum Gasteiger partial charge on any atom is -0.426 e. The minimum atomic E-state index is -1.27. The topological polar surface area (TPSA) is 70.3 Å². The van der Waals surface area contributed by atoms with Crippen molar-refractivity contribution < 1.29 is 14.6 Å². The van der Waals surface area contributed by atoms with Crippen molar-refractivity contribution in [3.63, 3.8) is 0 Å². The number of nitriles is 1. The van der Waals surface area contributed by atoms with Gasteiger partial charge in [-0.25, -0.2) is 0 Å². The Hall–Kier alpha value is -1.86. The van der Waals surface area contributed by atoms with E-state index >= 15 is 0 Å². The monoisotopic (exact) mass is 233 g/mol. The Kier molecular flexibility index (Phi) is 5.18. The van der Waals surface area contributed by atoms with Crippen molar-refractivity contribution in [2.45, 2.75) is 32.3 Å². The summed E-state index contributed by atoms with van der Waals surface area (Å²) in [5, 5.41) is 18.1. The number of benzene rings is 1. The van der Waals surface area contributed by atoms with E-state index in [0.717, 1.165) is 12.8 Å². The zero-order valence-corrected chi connectivity index (χ0v) is 9.72. The molecule has 0 amide bonds. The predicted octanol–water partition coefficient (Wildman–Crippen LogP) is 2.34. The van der Waals surface area contributed by atoms with Crippen LogP contribution in [0.25, 0.3) is 0 Å². The zero-order valence-electron chi connectivity index (χ0n) is 9.72. The van der Waals surface area contributed by atoms with Crippen molar-refractivity contribution in [2.75, 3.05) is 0 Å². The lowest BCUT2D eigenvalue weighted by Crippen LogP contribution is -2.10. The fraction of sp³-hybridized carbons (Fsp3) is 0.385. The molecule has 4 heteroatoms. The molecule has 1 aromatic rings. The van der Waals surface area contributed by atoms with Gasteiger partial charge in [0.05, 0.1) is 6.07 Å². The first-order chi connectivity index (χ1) is 8.19. The van der Waals surface area contributed by atoms with Crippen molar-refractivity contribution in [1.29, 1.82) is 5.26 Å². The van der Waals surface area contributed by atoms with Crippen LogP contribution in [0.4, 0.5) is 0 Å². The lowest BCUT2D eigenvalue weighted by molar-refractivity contribution is -0.134. The molecule has 1 N–H and O–H groups in total. The van der Waals surface area contributed by atoms with E-state index in [-0.39, 0.29) is 11.7 Å². The Morgan fingerprint density at radius 3 is 2.88 bits per heavy atom. The number of unbranched alkanes of at least 4 members (excludes halogenated alkanes) is 1. The summed E-state index contributed by atoms with van der Waals surface area (Å²) in [6.07, 6.45) is 0.748. The SMILES string of the molecule is CCCCC(=O)Oc1ccccc1C(O)C#N. The summed E-state index contributed by atoms with van der Waals surface area (Å²) in [7, 11) is 0. The summed E-state index contributed by atoms with van der Waals surface area (Å²) in [5.41, 5.74) is 0.319. The van der Waals surface area contributed by atoms with Crippen LogP contribution in [0.1, 0.15) is 37.9 Å². The van der Waals surface area contributed by atoms with Crippen LogP contribution in [0.5, 0.6) is 5.75 Å². The van der Waals surface area contributed by atoms with Crippen LogP contribution >= 0.6 is 0 Å². The van der Waals surface area contributed by atoms with Crippen LogP contribution in [-0.2, 0) is 4.79 Å². The van der Waals surface area contributed by atoms with Gasteiger partial charge in [-0.2, -0.15) is 5.26 Å². The fourth-order valence-corrected chi connectivity index (χ4v) is 1.36. The number of ether oxygens (including phenoxy) is 1. The third kappa shape index (κ3) is 3.89. The van der Waals surface area contributed by atoms with Gasteiger partial charge in [-0.3, -0.25) is 4.79 Å². The number of esters is 1. The molecule has 17 heavy (non-hydrogen) atoms. The number of carbonyl (C=O) groups is 1. The molecule has 0 bridgehead atoms. The third-order valence-electron chi connectivity index (χ3n) is 2.29. The van der Waals surface area contributed by atoms with Gasteiger partial charge in [0.15, 0.2) is 6.10 Å². The molecule has 0 saturated carbocycles. The van der Waals surface area contributed by atoms with Crippen molar-refractivity contribution in [1.82, 2.24) is 0 Å². The van der Waals surface area contributed by atoms with E-state index in [4.69, 9.17) is 10.00 Å². The maximum atomic E-state index is 11.4. The first-order valence-electron chi connectivity index (χ1n) is 5.56. The number of nitrogens with zero attached hydrogens (tertiary/aromatic N) is 1. The standard InChI is InChI=1S/C13H15NO3/c1-2-3-8-13(16)17-12-7-5-4-6-10(12)11(15)9-14/h4-7,11,15H,2-3,8H2,1H3. The van der Waals surface area contributed by atoms with E-state index in [0.29, 0.717) is 12.0 Å². The normalized spacial score (nSPS) is 11.6. The fourth-order valence-electron chi connectivity index (χ4n) is 1.36. The number of hydrogen-bond donors (Lipinski definition) is 1. The van der Waals surface area contributed by atoms with Crippen molar-refractivity contribution in [3.05, 3.63) is 29.8 Å². The van der Waals surface area contributed by atoms with Crippen molar-refractivity contribution in [2.24, 2.45) is 0 Å². The Labute approximate surface area is 100 Å². The van der Waals surface area contributed by atoms with Crippen molar-refractivity contribution in [3.8, 4) is 11.8 Å². The highest BCUT2D eigenvalue weighted by atomic mass is 16.5. The molecule has 4 nitrogen and oxygen atoms in total. The molecule has 1 rings (SSSR count). The molecule has 0 fully saturated rings. The summed E-state index contributed by atoms with van der Waals surface area (Å²) < 4.78 is 5.12. The molecule has 0 radical (unpaired) electrons. The Morgan fingerprint density at radius 2 is 2.24 bits per heavy atom. The van der Waals surface area contributed by atoms with Gasteiger partial charge < -0.3 is 9.84 Å². The summed E-state index contributed by atoms with van der Waals surface area (Å²) in [5.74, 6) is -0.0907. The number of aliphatic hydroxyl groups is 1. The number of hydrogen-bond acceptors (Lipinski definition) is 4. The highest BCUT2D eigenvalue weighted by Crippen LogP contribution is 2.24. The Balaban J connectivity index is 2.77. The van der Waals surface area contributed by atoms with Gasteiger partial charge in [0.1, 0.15) is 5.75 Å². The van der Waals surface area contributed by atoms with Crippen LogP contribution in [0.2, 0.25) is 0 Å². The summed E-state index contributed by atoms with van der Waals surface area (Å²) in [4.78, 5) is 11.4. The molecule has 1 atom stereocenters. The van der Waals surface area contributed by atoms with Crippen LogP contribution < -0.4 is 4.74 Å². The average Bonchev–Trinajstić information content (AvgIpc) is 2.36. The molecule has 0 aromatic heterocycles. The van der Waals surface area contributed by atoms with Gasteiger partial charge in [0, 0.05) is 12.0 Å². The van der Waals surface area contributed by atoms with Gasteiger partial charge in [-0.15, -0.1) is 0 Å². The maximum Gasteiger partial charge on any atom is 0.311 e. The van der Waals surface area contributed by atoms with E-state index in [9.17, 15) is 9.90 Å². The molecule has 0 aliphatic heterocycles. The largest absolute Gasteiger partial charge is 0.426 e. The molecule has 0 spiro atoms. The second kappa shape index (κ2) is 6.66. The Bertz CT molecular complexity index is 423. The van der Waals surface area contributed by atoms with Crippen molar-refractivity contribution >= 4 is 5.97 Å². The van der Waals surface area contributed by atoms with Crippen LogP contribution in [0.3, 0.4) is 0 Å². The molecule has 0 aliphatic carbocycles. The highest BCUT2D eigenvalue weighted by Gasteiger charge is 2.14. The number of rotatable bonds is 5. The van der Waals surface area contributed by atoms with E-state index in [1.54, 1.807) is 30.3 Å².